The second kappa shape index (κ2) is 7.05. The number of sulfonamides is 1. The van der Waals surface area contributed by atoms with E-state index in [0.717, 1.165) is 23.7 Å². The van der Waals surface area contributed by atoms with Gasteiger partial charge in [0, 0.05) is 11.9 Å². The second-order valence-corrected chi connectivity index (χ2v) is 8.20. The predicted octanol–water partition coefficient (Wildman–Crippen LogP) is 3.10. The van der Waals surface area contributed by atoms with E-state index in [4.69, 9.17) is 0 Å². The first-order chi connectivity index (χ1) is 9.55. The van der Waals surface area contributed by atoms with Crippen molar-refractivity contribution in [1.82, 2.24) is 4.72 Å². The summed E-state index contributed by atoms with van der Waals surface area (Å²) in [7, 11) is -3.19. The maximum Gasteiger partial charge on any atom is 0.211 e. The first-order valence-corrected chi connectivity index (χ1v) is 9.90. The molecule has 20 heavy (non-hydrogen) atoms. The van der Waals surface area contributed by atoms with E-state index in [2.05, 4.69) is 20.7 Å². The SMILES string of the molecule is O=S(=O)(CCc1ccccc1)NCC1(CBr)CCCC1. The first kappa shape index (κ1) is 16.0. The Morgan fingerprint density at radius 3 is 2.40 bits per heavy atom. The average Bonchev–Trinajstić information content (AvgIpc) is 2.94. The average molecular weight is 360 g/mol. The summed E-state index contributed by atoms with van der Waals surface area (Å²) >= 11 is 3.54. The predicted molar refractivity (Wildman–Crippen MR) is 86.6 cm³/mol. The van der Waals surface area contributed by atoms with Crippen molar-refractivity contribution in [2.24, 2.45) is 5.41 Å². The molecule has 2 rings (SSSR count). The Labute approximate surface area is 130 Å². The molecule has 5 heteroatoms. The molecule has 0 saturated heterocycles. The summed E-state index contributed by atoms with van der Waals surface area (Å²) in [6.45, 7) is 0.565. The zero-order chi connectivity index (χ0) is 14.5. The van der Waals surface area contributed by atoms with Gasteiger partial charge in [0.25, 0.3) is 0 Å². The summed E-state index contributed by atoms with van der Waals surface area (Å²) in [6, 6.07) is 9.75. The molecule has 0 unspecified atom stereocenters. The topological polar surface area (TPSA) is 46.2 Å². The third-order valence-electron chi connectivity index (χ3n) is 4.12. The molecule has 0 aliphatic heterocycles. The molecular weight excluding hydrogens is 338 g/mol. The molecule has 112 valence electrons. The van der Waals surface area contributed by atoms with Gasteiger partial charge in [0.05, 0.1) is 5.75 Å². The van der Waals surface area contributed by atoms with E-state index in [-0.39, 0.29) is 11.2 Å². The highest BCUT2D eigenvalue weighted by Gasteiger charge is 2.33. The lowest BCUT2D eigenvalue weighted by atomic mass is 9.89. The lowest BCUT2D eigenvalue weighted by Gasteiger charge is -2.26. The summed E-state index contributed by atoms with van der Waals surface area (Å²) in [5.74, 6) is 0.162. The summed E-state index contributed by atoms with van der Waals surface area (Å²) in [5.41, 5.74) is 1.19. The summed E-state index contributed by atoms with van der Waals surface area (Å²) < 4.78 is 27.0. The van der Waals surface area contributed by atoms with Gasteiger partial charge in [0.2, 0.25) is 10.0 Å². The van der Waals surface area contributed by atoms with E-state index in [1.54, 1.807) is 0 Å². The fourth-order valence-electron chi connectivity index (χ4n) is 2.71. The van der Waals surface area contributed by atoms with Crippen LogP contribution in [-0.2, 0) is 16.4 Å². The van der Waals surface area contributed by atoms with Gasteiger partial charge in [-0.2, -0.15) is 0 Å². The summed E-state index contributed by atoms with van der Waals surface area (Å²) in [6.07, 6.45) is 5.20. The van der Waals surface area contributed by atoms with Crippen molar-refractivity contribution < 1.29 is 8.42 Å². The zero-order valence-electron chi connectivity index (χ0n) is 11.6. The van der Waals surface area contributed by atoms with E-state index >= 15 is 0 Å². The molecule has 1 fully saturated rings. The minimum atomic E-state index is -3.19. The Kier molecular flexibility index (Phi) is 5.64. The normalized spacial score (nSPS) is 18.2. The van der Waals surface area contributed by atoms with Gasteiger partial charge >= 0.3 is 0 Å². The quantitative estimate of drug-likeness (QED) is 0.760. The standard InChI is InChI=1S/C15H22BrNO2S/c16-12-15(9-4-5-10-15)13-17-20(18,19)11-8-14-6-2-1-3-7-14/h1-3,6-7,17H,4-5,8-13H2. The van der Waals surface area contributed by atoms with Gasteiger partial charge < -0.3 is 0 Å². The molecule has 0 heterocycles. The minimum absolute atomic E-state index is 0.125. The molecule has 0 bridgehead atoms. The molecule has 3 nitrogen and oxygen atoms in total. The largest absolute Gasteiger partial charge is 0.215 e. The third kappa shape index (κ3) is 4.57. The van der Waals surface area contributed by atoms with Crippen molar-refractivity contribution in [1.29, 1.82) is 0 Å². The van der Waals surface area contributed by atoms with Crippen molar-refractivity contribution in [2.45, 2.75) is 32.1 Å². The minimum Gasteiger partial charge on any atom is -0.215 e. The Hall–Kier alpha value is -0.390. The Balaban J connectivity index is 1.85. The van der Waals surface area contributed by atoms with Gasteiger partial charge in [-0.3, -0.25) is 0 Å². The van der Waals surface area contributed by atoms with Crippen LogP contribution in [0, 0.1) is 5.41 Å². The zero-order valence-corrected chi connectivity index (χ0v) is 14.0. The van der Waals surface area contributed by atoms with E-state index in [0.29, 0.717) is 13.0 Å². The number of halogens is 1. The van der Waals surface area contributed by atoms with Crippen LogP contribution >= 0.6 is 15.9 Å². The number of hydrogen-bond acceptors (Lipinski definition) is 2. The van der Waals surface area contributed by atoms with Crippen LogP contribution in [0.4, 0.5) is 0 Å². The van der Waals surface area contributed by atoms with Crippen molar-refractivity contribution in [3.05, 3.63) is 35.9 Å². The molecule has 1 aliphatic rings. The van der Waals surface area contributed by atoms with Gasteiger partial charge in [-0.15, -0.1) is 0 Å². The van der Waals surface area contributed by atoms with Gasteiger partial charge in [-0.1, -0.05) is 59.1 Å². The first-order valence-electron chi connectivity index (χ1n) is 7.13. The molecule has 0 atom stereocenters. The number of rotatable bonds is 7. The third-order valence-corrected chi connectivity index (χ3v) is 6.63. The van der Waals surface area contributed by atoms with Crippen molar-refractivity contribution in [3.63, 3.8) is 0 Å². The molecule has 1 aromatic rings. The van der Waals surface area contributed by atoms with E-state index in [1.807, 2.05) is 30.3 Å². The summed E-state index contributed by atoms with van der Waals surface area (Å²) in [5, 5.41) is 0.876. The lowest BCUT2D eigenvalue weighted by molar-refractivity contribution is 0.347. The smallest absolute Gasteiger partial charge is 0.211 e. The van der Waals surface area contributed by atoms with Crippen molar-refractivity contribution >= 4 is 26.0 Å². The van der Waals surface area contributed by atoms with Crippen molar-refractivity contribution in [3.8, 4) is 0 Å². The van der Waals surface area contributed by atoms with Crippen LogP contribution in [0.25, 0.3) is 0 Å². The molecule has 0 amide bonds. The number of alkyl halides is 1. The molecule has 0 aromatic heterocycles. The highest BCUT2D eigenvalue weighted by Crippen LogP contribution is 2.39. The maximum absolute atomic E-state index is 12.1. The van der Waals surface area contributed by atoms with Crippen molar-refractivity contribution in [2.75, 3.05) is 17.6 Å². The molecular formula is C15H22BrNO2S. The summed E-state index contributed by atoms with van der Waals surface area (Å²) in [4.78, 5) is 0. The highest BCUT2D eigenvalue weighted by atomic mass is 79.9. The van der Waals surface area contributed by atoms with Crippen LogP contribution in [0.5, 0.6) is 0 Å². The number of benzene rings is 1. The number of aryl methyl sites for hydroxylation is 1. The van der Waals surface area contributed by atoms with E-state index in [9.17, 15) is 8.42 Å². The fourth-order valence-corrected chi connectivity index (χ4v) is 4.65. The van der Waals surface area contributed by atoms with Crippen LogP contribution in [0.15, 0.2) is 30.3 Å². The lowest BCUT2D eigenvalue weighted by Crippen LogP contribution is -2.38. The Bertz CT molecular complexity index is 510. The number of hydrogen-bond donors (Lipinski definition) is 1. The monoisotopic (exact) mass is 359 g/mol. The van der Waals surface area contributed by atoms with Gasteiger partial charge in [-0.05, 0) is 30.2 Å². The van der Waals surface area contributed by atoms with Crippen LogP contribution in [0.3, 0.4) is 0 Å². The van der Waals surface area contributed by atoms with E-state index in [1.165, 1.54) is 12.8 Å². The van der Waals surface area contributed by atoms with Gasteiger partial charge in [0.1, 0.15) is 0 Å². The highest BCUT2D eigenvalue weighted by molar-refractivity contribution is 9.09. The van der Waals surface area contributed by atoms with Crippen LogP contribution < -0.4 is 4.72 Å². The molecule has 1 N–H and O–H groups in total. The van der Waals surface area contributed by atoms with E-state index < -0.39 is 10.0 Å². The maximum atomic E-state index is 12.1. The van der Waals surface area contributed by atoms with Crippen LogP contribution in [-0.4, -0.2) is 26.0 Å². The molecule has 1 saturated carbocycles. The molecule has 1 aromatic carbocycles. The Morgan fingerprint density at radius 2 is 1.80 bits per heavy atom. The van der Waals surface area contributed by atoms with Crippen LogP contribution in [0.1, 0.15) is 31.2 Å². The number of nitrogens with one attached hydrogen (secondary N) is 1. The van der Waals surface area contributed by atoms with Gasteiger partial charge in [-0.25, -0.2) is 13.1 Å². The Morgan fingerprint density at radius 1 is 1.15 bits per heavy atom. The molecule has 0 radical (unpaired) electrons. The van der Waals surface area contributed by atoms with Crippen LogP contribution in [0.2, 0.25) is 0 Å². The molecule has 1 aliphatic carbocycles. The van der Waals surface area contributed by atoms with Gasteiger partial charge in [0.15, 0.2) is 0 Å². The molecule has 0 spiro atoms. The second-order valence-electron chi connectivity index (χ2n) is 5.72. The fraction of sp³-hybridized carbons (Fsp3) is 0.600.